The fourth-order valence-corrected chi connectivity index (χ4v) is 9.91. The molecule has 9 rings (SSSR count). The third-order valence-corrected chi connectivity index (χ3v) is 14.8. The van der Waals surface area contributed by atoms with E-state index in [4.69, 9.17) is 52.1 Å². The van der Waals surface area contributed by atoms with Gasteiger partial charge in [-0.25, -0.2) is 9.59 Å². The van der Waals surface area contributed by atoms with Crippen molar-refractivity contribution in [2.45, 2.75) is 136 Å². The third kappa shape index (κ3) is 14.1. The number of hydrogen-bond donors (Lipinski definition) is 18. The molecule has 0 aliphatic carbocycles. The summed E-state index contributed by atoms with van der Waals surface area (Å²) in [5, 5.41) is 190. The lowest BCUT2D eigenvalue weighted by molar-refractivity contribution is -0.354. The van der Waals surface area contributed by atoms with Crippen molar-refractivity contribution in [2.75, 3.05) is 19.8 Å². The highest BCUT2D eigenvalue weighted by Gasteiger charge is 2.53. The molecule has 4 fully saturated rings. The van der Waals surface area contributed by atoms with Crippen molar-refractivity contribution in [3.63, 3.8) is 0 Å². The predicted octanol–water partition coefficient (Wildman–Crippen LogP) is -3.05. The lowest BCUT2D eigenvalue weighted by atomic mass is 9.96. The number of rotatable bonds is 18. The number of carbonyl (C=O) groups excluding carboxylic acids is 2. The number of aliphatic hydroxyl groups excluding tert-OH is 12. The predicted molar refractivity (Wildman–Crippen MR) is 288 cm³/mol. The van der Waals surface area contributed by atoms with Gasteiger partial charge in [-0.1, -0.05) is 18.2 Å². The van der Waals surface area contributed by atoms with Gasteiger partial charge in [-0.2, -0.15) is 0 Å². The van der Waals surface area contributed by atoms with Crippen LogP contribution >= 0.6 is 0 Å². The molecule has 0 aromatic heterocycles. The lowest BCUT2D eigenvalue weighted by Crippen LogP contribution is -2.64. The van der Waals surface area contributed by atoms with Crippen molar-refractivity contribution in [1.82, 2.24) is 0 Å². The summed E-state index contributed by atoms with van der Waals surface area (Å²) in [6.07, 6.45) is -30.9. The summed E-state index contributed by atoms with van der Waals surface area (Å²) in [5.41, 5.74) is 0.497. The van der Waals surface area contributed by atoms with E-state index in [-0.39, 0.29) is 39.9 Å². The number of phenols is 6. The van der Waals surface area contributed by atoms with Crippen molar-refractivity contribution in [3.05, 3.63) is 107 Å². The summed E-state index contributed by atoms with van der Waals surface area (Å²) < 4.78 is 62.9. The molecule has 5 aliphatic heterocycles. The first-order valence-electron chi connectivity index (χ1n) is 27.0. The zero-order valence-electron chi connectivity index (χ0n) is 45.8. The van der Waals surface area contributed by atoms with E-state index in [0.29, 0.717) is 11.1 Å². The molecule has 4 aromatic carbocycles. The van der Waals surface area contributed by atoms with E-state index < -0.39 is 189 Å². The second-order valence-corrected chi connectivity index (χ2v) is 20.9. The summed E-state index contributed by atoms with van der Waals surface area (Å²) in [4.78, 5) is 25.5. The Balaban J connectivity index is 0.810. The Labute approximate surface area is 496 Å². The average molecular weight is 1250 g/mol. The summed E-state index contributed by atoms with van der Waals surface area (Å²) in [7, 11) is 0. The zero-order chi connectivity index (χ0) is 63.6. The maximum atomic E-state index is 13.1. The Kier molecular flexibility index (Phi) is 20.2. The van der Waals surface area contributed by atoms with Gasteiger partial charge >= 0.3 is 11.9 Å². The van der Waals surface area contributed by atoms with Crippen LogP contribution in [-0.4, -0.2) is 247 Å². The number of aliphatic hydroxyl groups is 12. The highest BCUT2D eigenvalue weighted by atomic mass is 16.8. The Hall–Kier alpha value is -7.64. The molecule has 0 spiro atoms. The molecular formula is C57H64O31. The van der Waals surface area contributed by atoms with Gasteiger partial charge in [0.2, 0.25) is 18.9 Å². The fourth-order valence-electron chi connectivity index (χ4n) is 9.91. The standard InChI is InChI=1S/C57H64O31/c1-21-51(87-39(66)11-5-22-2-7-26(8-3-22)80-55-47(74)44(71)42(69)37(86-55)20-78-38(65)10-6-23-4-9-28(61)29(62)12-23)45(72)49(76)54(79-21)88-53-36(19-59)85-57(50(77)46(53)73)83-34-17-27-32(81-52(34)24-13-30(63)40(67)31(64)14-24)15-25(60)16-33(27)82-56-48(75)43(70)41(68)35(18-58)84-56/h2-17,21,35-37,41-64,67-77H,18-20H2,1H3. The van der Waals surface area contributed by atoms with Gasteiger partial charge in [-0.05, 0) is 72.7 Å². The van der Waals surface area contributed by atoms with Gasteiger partial charge in [0.25, 0.3) is 0 Å². The summed E-state index contributed by atoms with van der Waals surface area (Å²) in [5.74, 6) is -6.63. The highest BCUT2D eigenvalue weighted by molar-refractivity contribution is 5.88. The molecule has 0 saturated carbocycles. The lowest BCUT2D eigenvalue weighted by Gasteiger charge is -2.46. The molecule has 18 N–H and O–H groups in total. The summed E-state index contributed by atoms with van der Waals surface area (Å²) in [6, 6.07) is 13.6. The first-order chi connectivity index (χ1) is 41.8. The van der Waals surface area contributed by atoms with Crippen LogP contribution in [0.3, 0.4) is 0 Å². The van der Waals surface area contributed by atoms with Crippen LogP contribution in [0.2, 0.25) is 0 Å². The number of phenolic OH excluding ortho intramolecular Hbond substituents is 6. The van der Waals surface area contributed by atoms with Crippen molar-refractivity contribution >= 4 is 30.2 Å². The largest absolute Gasteiger partial charge is 0.508 e. The van der Waals surface area contributed by atoms with Gasteiger partial charge < -0.3 is 144 Å². The van der Waals surface area contributed by atoms with Gasteiger partial charge in [0.1, 0.15) is 121 Å². The third-order valence-electron chi connectivity index (χ3n) is 14.8. The summed E-state index contributed by atoms with van der Waals surface area (Å²) >= 11 is 0. The maximum absolute atomic E-state index is 13.1. The van der Waals surface area contributed by atoms with Crippen molar-refractivity contribution in [2.24, 2.45) is 0 Å². The first-order valence-corrected chi connectivity index (χ1v) is 27.0. The Morgan fingerprint density at radius 3 is 1.74 bits per heavy atom. The molecular weight excluding hydrogens is 1180 g/mol. The van der Waals surface area contributed by atoms with Crippen LogP contribution in [0.25, 0.3) is 18.2 Å². The van der Waals surface area contributed by atoms with E-state index in [1.54, 1.807) is 0 Å². The second-order valence-electron chi connectivity index (χ2n) is 20.9. The van der Waals surface area contributed by atoms with E-state index in [1.807, 2.05) is 0 Å². The molecule has 31 nitrogen and oxygen atoms in total. The van der Waals surface area contributed by atoms with E-state index in [0.717, 1.165) is 36.4 Å². The number of carbonyl (C=O) groups is 2. The number of benzene rings is 4. The van der Waals surface area contributed by atoms with Gasteiger partial charge in [-0.15, -0.1) is 0 Å². The first kappa shape index (κ1) is 64.8. The normalized spacial score (nSPS) is 34.1. The van der Waals surface area contributed by atoms with Crippen LogP contribution in [0.15, 0.2) is 84.6 Å². The molecule has 0 bridgehead atoms. The van der Waals surface area contributed by atoms with E-state index in [9.17, 15) is 102 Å². The minimum Gasteiger partial charge on any atom is -0.508 e. The van der Waals surface area contributed by atoms with Gasteiger partial charge in [0.15, 0.2) is 47.2 Å². The van der Waals surface area contributed by atoms with E-state index >= 15 is 0 Å². The molecule has 5 aliphatic rings. The number of fused-ring (bicyclic) bond motifs is 1. The van der Waals surface area contributed by atoms with Crippen LogP contribution in [0.1, 0.15) is 35.3 Å². The maximum Gasteiger partial charge on any atom is 0.331 e. The monoisotopic (exact) mass is 1240 g/mol. The average Bonchev–Trinajstić information content (AvgIpc) is 1.61. The van der Waals surface area contributed by atoms with Crippen molar-refractivity contribution in [3.8, 4) is 51.7 Å². The van der Waals surface area contributed by atoms with E-state index in [2.05, 4.69) is 0 Å². The van der Waals surface area contributed by atoms with Crippen LogP contribution in [-0.2, 0) is 47.5 Å². The van der Waals surface area contributed by atoms with Crippen LogP contribution < -0.4 is 14.2 Å². The topological polar surface area (TPSA) is 500 Å². The van der Waals surface area contributed by atoms with Crippen LogP contribution in [0.4, 0.5) is 0 Å². The van der Waals surface area contributed by atoms with Crippen molar-refractivity contribution < 1.29 is 154 Å². The summed E-state index contributed by atoms with van der Waals surface area (Å²) in [6.45, 7) is -1.02. The molecule has 0 amide bonds. The Morgan fingerprint density at radius 2 is 1.08 bits per heavy atom. The van der Waals surface area contributed by atoms with Crippen molar-refractivity contribution in [1.29, 1.82) is 0 Å². The molecule has 0 radical (unpaired) electrons. The van der Waals surface area contributed by atoms with Crippen LogP contribution in [0.5, 0.6) is 51.7 Å². The molecule has 88 heavy (non-hydrogen) atoms. The molecule has 4 saturated heterocycles. The molecule has 4 aromatic rings. The molecule has 5 heterocycles. The molecule has 21 atom stereocenters. The minimum atomic E-state index is -2.12. The smallest absolute Gasteiger partial charge is 0.331 e. The second kappa shape index (κ2) is 27.4. The highest BCUT2D eigenvalue weighted by Crippen LogP contribution is 2.48. The molecule has 21 unspecified atom stereocenters. The number of esters is 2. The molecule has 31 heteroatoms. The van der Waals surface area contributed by atoms with Crippen LogP contribution in [0, 0.1) is 0 Å². The zero-order valence-corrected chi connectivity index (χ0v) is 45.8. The van der Waals surface area contributed by atoms with Gasteiger partial charge in [-0.3, -0.25) is 0 Å². The number of hydrogen-bond acceptors (Lipinski definition) is 31. The van der Waals surface area contributed by atoms with Gasteiger partial charge in [0, 0.05) is 29.8 Å². The SMILES string of the molecule is CC1OC(OC2C(CO)OC(OC3=Cc4c(cc(O)cc4OC4OC(CO)C(O)C(O)C4O)OC3c3cc(O)c(O)c(O)c3)C(O)C2O)C(O)C(O)C1OC(=O)C=Cc1ccc(OC2OC(COC(=O)C=Cc3ccc(O)c(O)c3)C(O)C(O)C2O)cc1. The van der Waals surface area contributed by atoms with E-state index in [1.165, 1.54) is 67.6 Å². The number of ether oxygens (including phenoxy) is 11. The number of aromatic hydroxyl groups is 6. The Bertz CT molecular complexity index is 3160. The fraction of sp³-hybridized carbons (Fsp3) is 0.439. The quantitative estimate of drug-likeness (QED) is 0.0267. The Morgan fingerprint density at radius 1 is 0.523 bits per heavy atom. The molecule has 478 valence electrons. The minimum absolute atomic E-state index is 0.0825. The van der Waals surface area contributed by atoms with Gasteiger partial charge in [0.05, 0.1) is 24.9 Å².